The number of aryl methyl sites for hydroxylation is 1. The van der Waals surface area contributed by atoms with Crippen LogP contribution in [0.5, 0.6) is 5.75 Å². The van der Waals surface area contributed by atoms with E-state index in [1.807, 2.05) is 68.4 Å². The maximum Gasteiger partial charge on any atom is 0.291 e. The van der Waals surface area contributed by atoms with Gasteiger partial charge in [0, 0.05) is 16.0 Å². The third kappa shape index (κ3) is 4.15. The van der Waals surface area contributed by atoms with Crippen molar-refractivity contribution in [1.82, 2.24) is 10.4 Å². The van der Waals surface area contributed by atoms with E-state index < -0.39 is 0 Å². The number of carbonyl (C=O) groups excluding carboxylic acids is 1. The molecule has 0 atom stereocenters. The smallest absolute Gasteiger partial charge is 0.291 e. The molecule has 0 bridgehead atoms. The molecule has 0 aliphatic carbocycles. The van der Waals surface area contributed by atoms with E-state index in [-0.39, 0.29) is 5.91 Å². The second-order valence-corrected chi connectivity index (χ2v) is 6.66. The van der Waals surface area contributed by atoms with Crippen molar-refractivity contribution in [3.8, 4) is 16.3 Å². The Morgan fingerprint density at radius 2 is 1.92 bits per heavy atom. The van der Waals surface area contributed by atoms with Gasteiger partial charge in [-0.1, -0.05) is 42.5 Å². The van der Waals surface area contributed by atoms with Crippen LogP contribution in [-0.2, 0) is 0 Å². The maximum absolute atomic E-state index is 12.4. The second kappa shape index (κ2) is 8.40. The van der Waals surface area contributed by atoms with Crippen LogP contribution in [0.4, 0.5) is 0 Å². The number of nitrogens with one attached hydrogen (secondary N) is 1. The SMILES string of the molecule is CCOc1ccccc1/C=N\NC(=O)c1nc(-c2ccccc2)sc1C. The number of para-hydroxylation sites is 1. The molecule has 6 heteroatoms. The van der Waals surface area contributed by atoms with Gasteiger partial charge < -0.3 is 4.74 Å². The minimum Gasteiger partial charge on any atom is -0.493 e. The van der Waals surface area contributed by atoms with Gasteiger partial charge in [-0.05, 0) is 26.0 Å². The van der Waals surface area contributed by atoms with E-state index >= 15 is 0 Å². The molecule has 132 valence electrons. The van der Waals surface area contributed by atoms with Crippen LogP contribution in [0, 0.1) is 6.92 Å². The van der Waals surface area contributed by atoms with Crippen LogP contribution in [-0.4, -0.2) is 23.7 Å². The lowest BCUT2D eigenvalue weighted by Gasteiger charge is -2.05. The van der Waals surface area contributed by atoms with E-state index in [0.717, 1.165) is 26.8 Å². The molecule has 1 amide bonds. The molecule has 0 aliphatic rings. The summed E-state index contributed by atoms with van der Waals surface area (Å²) in [5, 5.41) is 4.86. The Hall–Kier alpha value is -2.99. The van der Waals surface area contributed by atoms with Gasteiger partial charge in [0.1, 0.15) is 16.5 Å². The molecule has 0 aliphatic heterocycles. The number of amides is 1. The number of carbonyl (C=O) groups is 1. The molecule has 0 saturated heterocycles. The number of benzene rings is 2. The first-order valence-corrected chi connectivity index (χ1v) is 9.08. The predicted molar refractivity (Wildman–Crippen MR) is 105 cm³/mol. The van der Waals surface area contributed by atoms with Crippen LogP contribution in [0.25, 0.3) is 10.6 Å². The highest BCUT2D eigenvalue weighted by molar-refractivity contribution is 7.15. The summed E-state index contributed by atoms with van der Waals surface area (Å²) in [4.78, 5) is 17.7. The molecule has 0 radical (unpaired) electrons. The first kappa shape index (κ1) is 17.8. The summed E-state index contributed by atoms with van der Waals surface area (Å²) < 4.78 is 5.54. The van der Waals surface area contributed by atoms with Gasteiger partial charge in [0.05, 0.1) is 12.8 Å². The standard InChI is InChI=1S/C20H19N3O2S/c1-3-25-17-12-8-7-11-16(17)13-21-23-19(24)18-14(2)26-20(22-18)15-9-5-4-6-10-15/h4-13H,3H2,1-2H3,(H,23,24)/b21-13-. The van der Waals surface area contributed by atoms with E-state index in [0.29, 0.717) is 12.3 Å². The van der Waals surface area contributed by atoms with Gasteiger partial charge >= 0.3 is 0 Å². The molecule has 0 unspecified atom stereocenters. The molecule has 0 fully saturated rings. The highest BCUT2D eigenvalue weighted by atomic mass is 32.1. The molecule has 1 heterocycles. The van der Waals surface area contributed by atoms with Gasteiger partial charge in [-0.25, -0.2) is 10.4 Å². The van der Waals surface area contributed by atoms with Gasteiger partial charge in [-0.15, -0.1) is 11.3 Å². The fraction of sp³-hybridized carbons (Fsp3) is 0.150. The highest BCUT2D eigenvalue weighted by Gasteiger charge is 2.15. The van der Waals surface area contributed by atoms with Gasteiger partial charge in [0.2, 0.25) is 0 Å². The van der Waals surface area contributed by atoms with Gasteiger partial charge in [0.25, 0.3) is 5.91 Å². The summed E-state index contributed by atoms with van der Waals surface area (Å²) in [6.45, 7) is 4.37. The van der Waals surface area contributed by atoms with E-state index in [4.69, 9.17) is 4.74 Å². The Balaban J connectivity index is 1.72. The monoisotopic (exact) mass is 365 g/mol. The van der Waals surface area contributed by atoms with Crippen molar-refractivity contribution < 1.29 is 9.53 Å². The highest BCUT2D eigenvalue weighted by Crippen LogP contribution is 2.27. The van der Waals surface area contributed by atoms with Crippen molar-refractivity contribution in [3.05, 3.63) is 70.7 Å². The van der Waals surface area contributed by atoms with Crippen LogP contribution in [0.2, 0.25) is 0 Å². The molecule has 1 N–H and O–H groups in total. The summed E-state index contributed by atoms with van der Waals surface area (Å²) in [7, 11) is 0. The lowest BCUT2D eigenvalue weighted by Crippen LogP contribution is -2.19. The molecule has 3 rings (SSSR count). The van der Waals surface area contributed by atoms with E-state index in [2.05, 4.69) is 15.5 Å². The zero-order valence-corrected chi connectivity index (χ0v) is 15.4. The molecular weight excluding hydrogens is 346 g/mol. The number of rotatable bonds is 6. The van der Waals surface area contributed by atoms with Gasteiger partial charge in [-0.2, -0.15) is 5.10 Å². The average molecular weight is 365 g/mol. The number of thiazole rings is 1. The number of aromatic nitrogens is 1. The van der Waals surface area contributed by atoms with Crippen LogP contribution in [0.1, 0.15) is 27.9 Å². The van der Waals surface area contributed by atoms with E-state index in [1.165, 1.54) is 11.3 Å². The quantitative estimate of drug-likeness (QED) is 0.524. The minimum atomic E-state index is -0.328. The third-order valence-electron chi connectivity index (χ3n) is 3.62. The Morgan fingerprint density at radius 3 is 2.69 bits per heavy atom. The third-order valence-corrected chi connectivity index (χ3v) is 4.64. The summed E-state index contributed by atoms with van der Waals surface area (Å²) in [5.41, 5.74) is 4.73. The Kier molecular flexibility index (Phi) is 5.76. The second-order valence-electron chi connectivity index (χ2n) is 5.46. The fourth-order valence-corrected chi connectivity index (χ4v) is 3.31. The minimum absolute atomic E-state index is 0.328. The largest absolute Gasteiger partial charge is 0.493 e. The van der Waals surface area contributed by atoms with Crippen molar-refractivity contribution in [1.29, 1.82) is 0 Å². The lowest BCUT2D eigenvalue weighted by atomic mass is 10.2. The van der Waals surface area contributed by atoms with Gasteiger partial charge in [0.15, 0.2) is 0 Å². The van der Waals surface area contributed by atoms with E-state index in [1.54, 1.807) is 6.21 Å². The number of hydrazone groups is 1. The Labute approximate surface area is 156 Å². The lowest BCUT2D eigenvalue weighted by molar-refractivity contribution is 0.0950. The first-order chi connectivity index (χ1) is 12.7. The van der Waals surface area contributed by atoms with Crippen LogP contribution < -0.4 is 10.2 Å². The predicted octanol–water partition coefficient (Wildman–Crippen LogP) is 4.28. The molecular formula is C20H19N3O2S. The number of hydrogen-bond acceptors (Lipinski definition) is 5. The molecule has 3 aromatic rings. The van der Waals surface area contributed by atoms with Crippen LogP contribution >= 0.6 is 11.3 Å². The summed E-state index contributed by atoms with van der Waals surface area (Å²) >= 11 is 1.49. The van der Waals surface area contributed by atoms with Crippen molar-refractivity contribution in [3.63, 3.8) is 0 Å². The molecule has 26 heavy (non-hydrogen) atoms. The normalized spacial score (nSPS) is 10.8. The first-order valence-electron chi connectivity index (χ1n) is 8.27. The fourth-order valence-electron chi connectivity index (χ4n) is 2.40. The topological polar surface area (TPSA) is 63.6 Å². The van der Waals surface area contributed by atoms with Crippen molar-refractivity contribution in [2.45, 2.75) is 13.8 Å². The average Bonchev–Trinajstić information content (AvgIpc) is 3.06. The van der Waals surface area contributed by atoms with Crippen LogP contribution in [0.15, 0.2) is 59.7 Å². The Morgan fingerprint density at radius 1 is 1.19 bits per heavy atom. The molecule has 0 spiro atoms. The molecule has 2 aromatic carbocycles. The zero-order chi connectivity index (χ0) is 18.4. The molecule has 5 nitrogen and oxygen atoms in total. The molecule has 1 aromatic heterocycles. The van der Waals surface area contributed by atoms with Crippen molar-refractivity contribution >= 4 is 23.5 Å². The van der Waals surface area contributed by atoms with E-state index in [9.17, 15) is 4.79 Å². The summed E-state index contributed by atoms with van der Waals surface area (Å²) in [5.74, 6) is 0.398. The summed E-state index contributed by atoms with van der Waals surface area (Å²) in [6.07, 6.45) is 1.57. The van der Waals surface area contributed by atoms with Crippen molar-refractivity contribution in [2.75, 3.05) is 6.61 Å². The van der Waals surface area contributed by atoms with Gasteiger partial charge in [-0.3, -0.25) is 4.79 Å². The molecule has 0 saturated carbocycles. The van der Waals surface area contributed by atoms with Crippen molar-refractivity contribution in [2.24, 2.45) is 5.10 Å². The number of hydrogen-bond donors (Lipinski definition) is 1. The van der Waals surface area contributed by atoms with Crippen LogP contribution in [0.3, 0.4) is 0 Å². The number of nitrogens with zero attached hydrogens (tertiary/aromatic N) is 2. The summed E-state index contributed by atoms with van der Waals surface area (Å²) in [6, 6.07) is 17.3. The number of ether oxygens (including phenoxy) is 1. The maximum atomic E-state index is 12.4. The Bertz CT molecular complexity index is 920. The zero-order valence-electron chi connectivity index (χ0n) is 14.6.